The normalized spacial score (nSPS) is 10.6. The van der Waals surface area contributed by atoms with Crippen molar-refractivity contribution in [3.63, 3.8) is 0 Å². The third-order valence-electron chi connectivity index (χ3n) is 4.72. The Bertz CT molecular complexity index is 1400. The van der Waals surface area contributed by atoms with Crippen molar-refractivity contribution in [2.24, 2.45) is 0 Å². The molecule has 0 aliphatic heterocycles. The zero-order valence-electron chi connectivity index (χ0n) is 16.8. The van der Waals surface area contributed by atoms with E-state index < -0.39 is 0 Å². The molecular weight excluding hydrogens is 444 g/mol. The van der Waals surface area contributed by atoms with Crippen molar-refractivity contribution in [3.8, 4) is 6.07 Å². The van der Waals surface area contributed by atoms with E-state index in [1.807, 2.05) is 42.5 Å². The number of aromatic nitrogens is 2. The van der Waals surface area contributed by atoms with Gasteiger partial charge in [0.05, 0.1) is 33.8 Å². The van der Waals surface area contributed by atoms with Gasteiger partial charge in [-0.1, -0.05) is 65.8 Å². The number of halogens is 1. The van der Waals surface area contributed by atoms with Gasteiger partial charge in [-0.25, -0.2) is 4.98 Å². The Hall–Kier alpha value is -3.60. The molecular formula is C24H17ClN4O2S. The summed E-state index contributed by atoms with van der Waals surface area (Å²) in [4.78, 5) is 30.3. The van der Waals surface area contributed by atoms with E-state index in [1.54, 1.807) is 34.9 Å². The van der Waals surface area contributed by atoms with Gasteiger partial charge in [-0.2, -0.15) is 5.26 Å². The van der Waals surface area contributed by atoms with Gasteiger partial charge in [0, 0.05) is 5.69 Å². The molecule has 4 rings (SSSR count). The summed E-state index contributed by atoms with van der Waals surface area (Å²) >= 11 is 7.22. The summed E-state index contributed by atoms with van der Waals surface area (Å²) in [6.07, 6.45) is 0. The minimum atomic E-state index is -0.274. The minimum absolute atomic E-state index is 0.0528. The number of amides is 1. The molecule has 0 atom stereocenters. The number of fused-ring (bicyclic) bond motifs is 1. The Kier molecular flexibility index (Phi) is 6.55. The van der Waals surface area contributed by atoms with Crippen LogP contribution in [0.5, 0.6) is 0 Å². The second kappa shape index (κ2) is 9.69. The van der Waals surface area contributed by atoms with Gasteiger partial charge >= 0.3 is 0 Å². The lowest BCUT2D eigenvalue weighted by Gasteiger charge is -2.13. The van der Waals surface area contributed by atoms with Gasteiger partial charge in [0.25, 0.3) is 5.56 Å². The largest absolute Gasteiger partial charge is 0.325 e. The van der Waals surface area contributed by atoms with Crippen LogP contribution in [0.1, 0.15) is 11.1 Å². The zero-order chi connectivity index (χ0) is 22.5. The standard InChI is InChI=1S/C24H17ClN4O2S/c25-20-12-18(11-10-17(20)13-26)27-22(30)15-32-24-28-21-9-5-4-8-19(21)23(31)29(24)14-16-6-2-1-3-7-16/h1-12H,14-15H2,(H,27,30). The fraction of sp³-hybridized carbons (Fsp3) is 0.0833. The van der Waals surface area contributed by atoms with E-state index in [9.17, 15) is 9.59 Å². The summed E-state index contributed by atoms with van der Waals surface area (Å²) in [5.74, 6) is -0.221. The van der Waals surface area contributed by atoms with Crippen LogP contribution in [0.25, 0.3) is 10.9 Å². The predicted molar refractivity (Wildman–Crippen MR) is 127 cm³/mol. The average molecular weight is 461 g/mol. The number of nitrogens with one attached hydrogen (secondary N) is 1. The second-order valence-electron chi connectivity index (χ2n) is 6.93. The molecule has 0 spiro atoms. The van der Waals surface area contributed by atoms with Gasteiger partial charge in [0.15, 0.2) is 5.16 Å². The quantitative estimate of drug-likeness (QED) is 0.333. The van der Waals surface area contributed by atoms with Crippen molar-refractivity contribution in [2.75, 3.05) is 11.1 Å². The van der Waals surface area contributed by atoms with E-state index in [4.69, 9.17) is 16.9 Å². The molecule has 0 bridgehead atoms. The molecule has 1 aromatic heterocycles. The molecule has 8 heteroatoms. The first kappa shape index (κ1) is 21.6. The van der Waals surface area contributed by atoms with Crippen LogP contribution >= 0.6 is 23.4 Å². The van der Waals surface area contributed by atoms with Gasteiger partial charge in [0.1, 0.15) is 6.07 Å². The summed E-state index contributed by atoms with van der Waals surface area (Å²) in [6.45, 7) is 0.354. The molecule has 0 aliphatic rings. The molecule has 0 fully saturated rings. The van der Waals surface area contributed by atoms with E-state index >= 15 is 0 Å². The van der Waals surface area contributed by atoms with Gasteiger partial charge in [-0.05, 0) is 35.9 Å². The van der Waals surface area contributed by atoms with Gasteiger partial charge < -0.3 is 5.32 Å². The molecule has 1 N–H and O–H groups in total. The van der Waals surface area contributed by atoms with Crippen LogP contribution in [-0.2, 0) is 11.3 Å². The number of hydrogen-bond donors (Lipinski definition) is 1. The molecule has 32 heavy (non-hydrogen) atoms. The van der Waals surface area contributed by atoms with E-state index in [2.05, 4.69) is 10.3 Å². The number of anilines is 1. The van der Waals surface area contributed by atoms with Crippen molar-refractivity contribution >= 4 is 45.9 Å². The second-order valence-corrected chi connectivity index (χ2v) is 8.28. The van der Waals surface area contributed by atoms with Gasteiger partial charge in [-0.3, -0.25) is 14.2 Å². The number of nitriles is 1. The molecule has 6 nitrogen and oxygen atoms in total. The maximum absolute atomic E-state index is 13.2. The number of para-hydroxylation sites is 1. The first-order valence-electron chi connectivity index (χ1n) is 9.71. The topological polar surface area (TPSA) is 87.8 Å². The number of carbonyl (C=O) groups excluding carboxylic acids is 1. The highest BCUT2D eigenvalue weighted by atomic mass is 35.5. The summed E-state index contributed by atoms with van der Waals surface area (Å²) < 4.78 is 1.59. The summed E-state index contributed by atoms with van der Waals surface area (Å²) in [7, 11) is 0. The van der Waals surface area contributed by atoms with E-state index in [0.717, 1.165) is 5.56 Å². The van der Waals surface area contributed by atoms with Crippen molar-refractivity contribution in [1.29, 1.82) is 5.26 Å². The van der Waals surface area contributed by atoms with E-state index in [-0.39, 0.29) is 22.2 Å². The molecule has 0 saturated carbocycles. The lowest BCUT2D eigenvalue weighted by atomic mass is 10.2. The summed E-state index contributed by atoms with van der Waals surface area (Å²) in [5.41, 5.74) is 2.23. The highest BCUT2D eigenvalue weighted by molar-refractivity contribution is 7.99. The number of hydrogen-bond acceptors (Lipinski definition) is 5. The van der Waals surface area contributed by atoms with Crippen LogP contribution in [0, 0.1) is 11.3 Å². The number of thioether (sulfide) groups is 1. The molecule has 158 valence electrons. The van der Waals surface area contributed by atoms with Gasteiger partial charge in [-0.15, -0.1) is 0 Å². The number of rotatable bonds is 6. The van der Waals surface area contributed by atoms with Crippen molar-refractivity contribution < 1.29 is 4.79 Å². The van der Waals surface area contributed by atoms with Crippen LogP contribution < -0.4 is 10.9 Å². The lowest BCUT2D eigenvalue weighted by molar-refractivity contribution is -0.113. The molecule has 4 aromatic rings. The van der Waals surface area contributed by atoms with E-state index in [0.29, 0.717) is 33.9 Å². The Morgan fingerprint density at radius 1 is 1.09 bits per heavy atom. The number of carbonyl (C=O) groups is 1. The SMILES string of the molecule is N#Cc1ccc(NC(=O)CSc2nc3ccccc3c(=O)n2Cc2ccccc2)cc1Cl. The van der Waals surface area contributed by atoms with Crippen molar-refractivity contribution in [3.05, 3.63) is 99.3 Å². The summed E-state index contributed by atoms with van der Waals surface area (Å²) in [6, 6.07) is 23.5. The number of nitrogens with zero attached hydrogens (tertiary/aromatic N) is 3. The van der Waals surface area contributed by atoms with Crippen LogP contribution in [-0.4, -0.2) is 21.2 Å². The average Bonchev–Trinajstić information content (AvgIpc) is 2.80. The minimum Gasteiger partial charge on any atom is -0.325 e. The molecule has 1 amide bonds. The Labute approximate surface area is 193 Å². The smallest absolute Gasteiger partial charge is 0.262 e. The zero-order valence-corrected chi connectivity index (χ0v) is 18.4. The fourth-order valence-corrected chi connectivity index (χ4v) is 4.20. The Balaban J connectivity index is 1.58. The maximum atomic E-state index is 13.2. The fourth-order valence-electron chi connectivity index (χ4n) is 3.17. The monoisotopic (exact) mass is 460 g/mol. The Morgan fingerprint density at radius 2 is 1.84 bits per heavy atom. The molecule has 1 heterocycles. The molecule has 0 saturated heterocycles. The van der Waals surface area contributed by atoms with Crippen LogP contribution in [0.4, 0.5) is 5.69 Å². The lowest BCUT2D eigenvalue weighted by Crippen LogP contribution is -2.24. The third-order valence-corrected chi connectivity index (χ3v) is 6.00. The van der Waals surface area contributed by atoms with Crippen molar-refractivity contribution in [1.82, 2.24) is 9.55 Å². The molecule has 0 unspecified atom stereocenters. The molecule has 0 radical (unpaired) electrons. The van der Waals surface area contributed by atoms with Crippen LogP contribution in [0.3, 0.4) is 0 Å². The molecule has 3 aromatic carbocycles. The Morgan fingerprint density at radius 3 is 2.59 bits per heavy atom. The maximum Gasteiger partial charge on any atom is 0.262 e. The van der Waals surface area contributed by atoms with Crippen molar-refractivity contribution in [2.45, 2.75) is 11.7 Å². The van der Waals surface area contributed by atoms with E-state index in [1.165, 1.54) is 17.8 Å². The predicted octanol–water partition coefficient (Wildman–Crippen LogP) is 4.70. The first-order chi connectivity index (χ1) is 15.5. The first-order valence-corrected chi connectivity index (χ1v) is 11.1. The van der Waals surface area contributed by atoms with Crippen LogP contribution in [0.2, 0.25) is 5.02 Å². The highest BCUT2D eigenvalue weighted by Gasteiger charge is 2.14. The third kappa shape index (κ3) is 4.83. The molecule has 0 aliphatic carbocycles. The number of benzene rings is 3. The van der Waals surface area contributed by atoms with Gasteiger partial charge in [0.2, 0.25) is 5.91 Å². The summed E-state index contributed by atoms with van der Waals surface area (Å²) in [5, 5.41) is 13.0. The highest BCUT2D eigenvalue weighted by Crippen LogP contribution is 2.22. The van der Waals surface area contributed by atoms with Crippen LogP contribution in [0.15, 0.2) is 82.7 Å².